The molecule has 6 heteroatoms. The van der Waals surface area contributed by atoms with E-state index < -0.39 is 0 Å². The Morgan fingerprint density at radius 1 is 1.08 bits per heavy atom. The lowest BCUT2D eigenvalue weighted by molar-refractivity contribution is -0.631. The predicted molar refractivity (Wildman–Crippen MR) is 93.7 cm³/mol. The van der Waals surface area contributed by atoms with Crippen LogP contribution in [0.25, 0.3) is 22.2 Å². The first kappa shape index (κ1) is 16.9. The third kappa shape index (κ3) is 3.59. The molecule has 0 spiro atoms. The molecule has 1 aromatic heterocycles. The van der Waals surface area contributed by atoms with Crippen LogP contribution >= 0.6 is 0 Å². The summed E-state index contributed by atoms with van der Waals surface area (Å²) < 4.78 is 13.2. The highest BCUT2D eigenvalue weighted by atomic mass is 19.1. The first-order chi connectivity index (χ1) is 12.1. The van der Waals surface area contributed by atoms with Gasteiger partial charge >= 0.3 is 0 Å². The lowest BCUT2D eigenvalue weighted by atomic mass is 10.0. The number of rotatable bonds is 6. The number of nitrogens with one attached hydrogen (secondary N) is 2. The standard InChI is InChI=1S/C19H18FN3O2/c1-21-17(25)11-22-10-16(24)18-14-4-2-3-5-15(14)23-19(18)12-6-8-13(20)9-7-12/h2-9,22-23H,10-11H2,1H3,(H,21,25)/p+1. The summed E-state index contributed by atoms with van der Waals surface area (Å²) in [6, 6.07) is 13.6. The number of ketones is 1. The molecule has 0 fully saturated rings. The number of amides is 1. The van der Waals surface area contributed by atoms with Crippen molar-refractivity contribution in [2.24, 2.45) is 0 Å². The van der Waals surface area contributed by atoms with Gasteiger partial charge in [0.1, 0.15) is 12.4 Å². The van der Waals surface area contributed by atoms with Gasteiger partial charge in [-0.05, 0) is 35.9 Å². The molecule has 1 amide bonds. The van der Waals surface area contributed by atoms with Gasteiger partial charge in [-0.3, -0.25) is 9.59 Å². The van der Waals surface area contributed by atoms with Gasteiger partial charge in [0.25, 0.3) is 5.91 Å². The zero-order valence-corrected chi connectivity index (χ0v) is 13.8. The summed E-state index contributed by atoms with van der Waals surface area (Å²) in [5.41, 5.74) is 2.82. The Hall–Kier alpha value is -2.99. The van der Waals surface area contributed by atoms with Crippen LogP contribution in [0, 0.1) is 5.82 Å². The van der Waals surface area contributed by atoms with Gasteiger partial charge in [0.2, 0.25) is 5.78 Å². The summed E-state index contributed by atoms with van der Waals surface area (Å²) in [5, 5.41) is 5.01. The second-order valence-corrected chi connectivity index (χ2v) is 5.72. The SMILES string of the molecule is CNC(=O)C[NH2+]CC(=O)c1c(-c2ccc(F)cc2)[nH]c2ccccc12. The number of hydrogen-bond donors (Lipinski definition) is 3. The largest absolute Gasteiger partial charge is 0.354 e. The maximum absolute atomic E-state index is 13.2. The van der Waals surface area contributed by atoms with Gasteiger partial charge in [0, 0.05) is 18.0 Å². The Bertz CT molecular complexity index is 916. The van der Waals surface area contributed by atoms with Crippen LogP contribution in [0.2, 0.25) is 0 Å². The topological polar surface area (TPSA) is 78.6 Å². The van der Waals surface area contributed by atoms with Gasteiger partial charge in [0.05, 0.1) is 11.3 Å². The molecule has 0 bridgehead atoms. The summed E-state index contributed by atoms with van der Waals surface area (Å²) in [5.74, 6) is -0.544. The van der Waals surface area contributed by atoms with Crippen molar-refractivity contribution in [2.75, 3.05) is 20.1 Å². The molecule has 0 unspecified atom stereocenters. The number of carbonyl (C=O) groups is 2. The lowest BCUT2D eigenvalue weighted by Gasteiger charge is -2.05. The fraction of sp³-hybridized carbons (Fsp3) is 0.158. The maximum Gasteiger partial charge on any atom is 0.274 e. The molecule has 0 radical (unpaired) electrons. The number of hydrogen-bond acceptors (Lipinski definition) is 2. The molecule has 5 nitrogen and oxygen atoms in total. The van der Waals surface area contributed by atoms with Crippen LogP contribution in [0.4, 0.5) is 4.39 Å². The van der Waals surface area contributed by atoms with E-state index in [2.05, 4.69) is 10.3 Å². The summed E-state index contributed by atoms with van der Waals surface area (Å²) >= 11 is 0. The zero-order valence-electron chi connectivity index (χ0n) is 13.8. The van der Waals surface area contributed by atoms with Crippen LogP contribution in [0.1, 0.15) is 10.4 Å². The van der Waals surface area contributed by atoms with Gasteiger partial charge < -0.3 is 15.6 Å². The number of Topliss-reactive ketones (excluding diaryl/α,β-unsaturated/α-hetero) is 1. The fourth-order valence-corrected chi connectivity index (χ4v) is 2.80. The molecule has 0 aliphatic carbocycles. The van der Waals surface area contributed by atoms with Crippen molar-refractivity contribution in [3.05, 3.63) is 59.9 Å². The van der Waals surface area contributed by atoms with Crippen molar-refractivity contribution >= 4 is 22.6 Å². The van der Waals surface area contributed by atoms with Crippen molar-refractivity contribution in [1.29, 1.82) is 0 Å². The van der Waals surface area contributed by atoms with Crippen molar-refractivity contribution in [1.82, 2.24) is 10.3 Å². The Morgan fingerprint density at radius 2 is 1.80 bits per heavy atom. The number of aromatic nitrogens is 1. The second kappa shape index (κ2) is 7.27. The Balaban J connectivity index is 1.97. The van der Waals surface area contributed by atoms with E-state index in [1.165, 1.54) is 12.1 Å². The van der Waals surface area contributed by atoms with E-state index in [-0.39, 0.29) is 30.6 Å². The number of quaternary nitrogens is 1. The van der Waals surface area contributed by atoms with Crippen LogP contribution in [-0.2, 0) is 4.79 Å². The van der Waals surface area contributed by atoms with Crippen LogP contribution in [-0.4, -0.2) is 36.8 Å². The van der Waals surface area contributed by atoms with E-state index in [4.69, 9.17) is 0 Å². The predicted octanol–water partition coefficient (Wildman–Crippen LogP) is 1.47. The highest BCUT2D eigenvalue weighted by Gasteiger charge is 2.20. The van der Waals surface area contributed by atoms with E-state index in [0.29, 0.717) is 11.3 Å². The van der Waals surface area contributed by atoms with E-state index in [1.807, 2.05) is 24.3 Å². The number of fused-ring (bicyclic) bond motifs is 1. The molecule has 0 aliphatic rings. The molecule has 25 heavy (non-hydrogen) atoms. The van der Waals surface area contributed by atoms with Gasteiger partial charge in [-0.25, -0.2) is 4.39 Å². The maximum atomic E-state index is 13.2. The van der Waals surface area contributed by atoms with Crippen molar-refractivity contribution < 1.29 is 19.3 Å². The highest BCUT2D eigenvalue weighted by molar-refractivity contribution is 6.13. The van der Waals surface area contributed by atoms with Crippen LogP contribution in [0.15, 0.2) is 48.5 Å². The average Bonchev–Trinajstić information content (AvgIpc) is 3.01. The van der Waals surface area contributed by atoms with Gasteiger partial charge in [0.15, 0.2) is 6.54 Å². The van der Waals surface area contributed by atoms with Crippen LogP contribution in [0.5, 0.6) is 0 Å². The Labute approximate surface area is 144 Å². The number of aromatic amines is 1. The number of H-pyrrole nitrogens is 1. The van der Waals surface area contributed by atoms with Crippen molar-refractivity contribution in [3.8, 4) is 11.3 Å². The smallest absolute Gasteiger partial charge is 0.274 e. The molecule has 0 aliphatic heterocycles. The molecule has 3 rings (SSSR count). The minimum atomic E-state index is -0.327. The number of halogens is 1. The molecule has 4 N–H and O–H groups in total. The first-order valence-corrected chi connectivity index (χ1v) is 8.02. The van der Waals surface area contributed by atoms with Crippen LogP contribution < -0.4 is 10.6 Å². The number of para-hydroxylation sites is 1. The molecule has 0 saturated carbocycles. The molecule has 128 valence electrons. The summed E-state index contributed by atoms with van der Waals surface area (Å²) in [7, 11) is 1.56. The Kier molecular flexibility index (Phi) is 4.90. The number of carbonyl (C=O) groups excluding carboxylic acids is 2. The average molecular weight is 340 g/mol. The minimum Gasteiger partial charge on any atom is -0.354 e. The Morgan fingerprint density at radius 3 is 2.52 bits per heavy atom. The quantitative estimate of drug-likeness (QED) is 0.594. The van der Waals surface area contributed by atoms with E-state index in [0.717, 1.165) is 16.5 Å². The number of likely N-dealkylation sites (N-methyl/N-ethyl adjacent to an activating group) is 1. The summed E-state index contributed by atoms with van der Waals surface area (Å²) in [6.07, 6.45) is 0. The summed E-state index contributed by atoms with van der Waals surface area (Å²) in [4.78, 5) is 27.4. The van der Waals surface area contributed by atoms with Crippen molar-refractivity contribution in [2.45, 2.75) is 0 Å². The first-order valence-electron chi connectivity index (χ1n) is 8.02. The molecule has 1 heterocycles. The molecular weight excluding hydrogens is 321 g/mol. The lowest BCUT2D eigenvalue weighted by Crippen LogP contribution is -2.88. The third-order valence-electron chi connectivity index (χ3n) is 4.06. The normalized spacial score (nSPS) is 10.8. The monoisotopic (exact) mass is 340 g/mol. The number of benzene rings is 2. The second-order valence-electron chi connectivity index (χ2n) is 5.72. The molecule has 2 aromatic carbocycles. The minimum absolute atomic E-state index is 0.0827. The van der Waals surface area contributed by atoms with E-state index in [1.54, 1.807) is 24.5 Å². The fourth-order valence-electron chi connectivity index (χ4n) is 2.80. The summed E-state index contributed by atoms with van der Waals surface area (Å²) in [6.45, 7) is 0.347. The molecular formula is C19H19FN3O2+. The van der Waals surface area contributed by atoms with Gasteiger partial charge in [-0.15, -0.1) is 0 Å². The van der Waals surface area contributed by atoms with E-state index >= 15 is 0 Å². The highest BCUT2D eigenvalue weighted by Crippen LogP contribution is 2.30. The zero-order chi connectivity index (χ0) is 17.8. The molecule has 0 saturated heterocycles. The molecule has 3 aromatic rings. The van der Waals surface area contributed by atoms with Gasteiger partial charge in [-0.1, -0.05) is 18.2 Å². The number of nitrogens with two attached hydrogens (primary N) is 1. The van der Waals surface area contributed by atoms with Crippen molar-refractivity contribution in [3.63, 3.8) is 0 Å². The van der Waals surface area contributed by atoms with Gasteiger partial charge in [-0.2, -0.15) is 0 Å². The third-order valence-corrected chi connectivity index (χ3v) is 4.06. The van der Waals surface area contributed by atoms with Crippen LogP contribution in [0.3, 0.4) is 0 Å². The molecule has 0 atom stereocenters. The van der Waals surface area contributed by atoms with E-state index in [9.17, 15) is 14.0 Å².